The number of amides is 2. The number of halogens is 1. The van der Waals surface area contributed by atoms with Gasteiger partial charge in [-0.05, 0) is 61.6 Å². The van der Waals surface area contributed by atoms with E-state index in [4.69, 9.17) is 5.73 Å². The lowest BCUT2D eigenvalue weighted by Crippen LogP contribution is -2.57. The molecule has 0 aromatic heterocycles. The van der Waals surface area contributed by atoms with E-state index >= 15 is 0 Å². The van der Waals surface area contributed by atoms with E-state index in [1.54, 1.807) is 4.90 Å². The molecule has 6 rings (SSSR count). The van der Waals surface area contributed by atoms with Gasteiger partial charge in [-0.25, -0.2) is 4.39 Å². The monoisotopic (exact) mass is 479 g/mol. The summed E-state index contributed by atoms with van der Waals surface area (Å²) in [4.78, 5) is 32.7. The van der Waals surface area contributed by atoms with Crippen LogP contribution in [-0.4, -0.2) is 69.8 Å². The molecule has 0 radical (unpaired) electrons. The minimum Gasteiger partial charge on any atom is -0.330 e. The van der Waals surface area contributed by atoms with Gasteiger partial charge in [0.05, 0.1) is 24.2 Å². The molecule has 7 nitrogen and oxygen atoms in total. The summed E-state index contributed by atoms with van der Waals surface area (Å²) in [5.74, 6) is 0.542. The Morgan fingerprint density at radius 3 is 2.57 bits per heavy atom. The summed E-state index contributed by atoms with van der Waals surface area (Å²) in [5, 5.41) is 9.44. The molecule has 2 amide bonds. The summed E-state index contributed by atoms with van der Waals surface area (Å²) >= 11 is 0. The Hall–Kier alpha value is -2.50. The van der Waals surface area contributed by atoms with Crippen molar-refractivity contribution in [1.29, 1.82) is 5.26 Å². The Labute approximate surface area is 206 Å². The smallest absolute Gasteiger partial charge is 0.242 e. The van der Waals surface area contributed by atoms with Crippen molar-refractivity contribution in [3.63, 3.8) is 0 Å². The van der Waals surface area contributed by atoms with Gasteiger partial charge in [0.1, 0.15) is 11.9 Å². The van der Waals surface area contributed by atoms with E-state index in [0.717, 1.165) is 37.7 Å². The predicted molar refractivity (Wildman–Crippen MR) is 127 cm³/mol. The number of hydrogen-bond acceptors (Lipinski definition) is 5. The number of likely N-dealkylation sites (tertiary alicyclic amines) is 3. The molecule has 2 bridgehead atoms. The van der Waals surface area contributed by atoms with Gasteiger partial charge in [0.15, 0.2) is 0 Å². The number of rotatable bonds is 6. The van der Waals surface area contributed by atoms with Crippen LogP contribution < -0.4 is 5.73 Å². The molecule has 3 heterocycles. The molecule has 3 saturated heterocycles. The molecule has 35 heavy (non-hydrogen) atoms. The fourth-order valence-corrected chi connectivity index (χ4v) is 7.44. The number of carbonyl (C=O) groups is 2. The second-order valence-electron chi connectivity index (χ2n) is 11.3. The Bertz CT molecular complexity index is 1040. The van der Waals surface area contributed by atoms with Gasteiger partial charge in [-0.3, -0.25) is 14.5 Å². The highest BCUT2D eigenvalue weighted by atomic mass is 19.1. The highest BCUT2D eigenvalue weighted by Gasteiger charge is 2.56. The van der Waals surface area contributed by atoms with Gasteiger partial charge < -0.3 is 15.5 Å². The lowest BCUT2D eigenvalue weighted by atomic mass is 9.80. The van der Waals surface area contributed by atoms with E-state index in [9.17, 15) is 19.2 Å². The van der Waals surface area contributed by atoms with Gasteiger partial charge in [0.25, 0.3) is 0 Å². The fraction of sp³-hybridized carbons (Fsp3) is 0.667. The Balaban J connectivity index is 1.16. The van der Waals surface area contributed by atoms with Crippen LogP contribution in [-0.2, 0) is 9.59 Å². The minimum atomic E-state index is -0.725. The van der Waals surface area contributed by atoms with Crippen LogP contribution in [0.15, 0.2) is 24.3 Å². The number of fused-ring (bicyclic) bond motifs is 3. The number of nitrogens with zero attached hydrogens (tertiary/aromatic N) is 4. The van der Waals surface area contributed by atoms with Crippen LogP contribution in [0.5, 0.6) is 0 Å². The number of piperazine rings is 1. The first-order valence-corrected chi connectivity index (χ1v) is 13.3. The second-order valence-corrected chi connectivity index (χ2v) is 11.3. The number of carbonyl (C=O) groups excluding carboxylic acids is 2. The number of nitrogens with two attached hydrogens (primary N) is 1. The molecule has 0 spiro atoms. The maximum Gasteiger partial charge on any atom is 0.242 e. The van der Waals surface area contributed by atoms with Gasteiger partial charge >= 0.3 is 0 Å². The van der Waals surface area contributed by atoms with Crippen LogP contribution in [0.4, 0.5) is 4.39 Å². The van der Waals surface area contributed by atoms with Crippen molar-refractivity contribution in [1.82, 2.24) is 14.7 Å². The molecule has 1 aromatic carbocycles. The molecule has 2 aliphatic carbocycles. The zero-order valence-corrected chi connectivity index (χ0v) is 20.1. The van der Waals surface area contributed by atoms with Crippen molar-refractivity contribution in [2.24, 2.45) is 17.6 Å². The van der Waals surface area contributed by atoms with E-state index < -0.39 is 6.04 Å². The van der Waals surface area contributed by atoms with Crippen LogP contribution in [0, 0.1) is 29.0 Å². The maximum absolute atomic E-state index is 13.7. The number of hydrogen-bond donors (Lipinski definition) is 1. The van der Waals surface area contributed by atoms with Gasteiger partial charge in [-0.15, -0.1) is 0 Å². The van der Waals surface area contributed by atoms with Crippen molar-refractivity contribution < 1.29 is 14.0 Å². The average Bonchev–Trinajstić information content (AvgIpc) is 3.19. The van der Waals surface area contributed by atoms with Crippen molar-refractivity contribution in [2.75, 3.05) is 13.1 Å². The van der Waals surface area contributed by atoms with E-state index in [2.05, 4.69) is 15.9 Å². The summed E-state index contributed by atoms with van der Waals surface area (Å²) in [5.41, 5.74) is 7.39. The normalized spacial score (nSPS) is 34.1. The zero-order chi connectivity index (χ0) is 24.3. The highest BCUT2D eigenvalue weighted by Crippen LogP contribution is 2.48. The van der Waals surface area contributed by atoms with E-state index in [1.807, 2.05) is 12.1 Å². The molecular formula is C27H34FN5O2. The van der Waals surface area contributed by atoms with Crippen molar-refractivity contribution in [2.45, 2.75) is 87.6 Å². The quantitative estimate of drug-likeness (QED) is 0.677. The van der Waals surface area contributed by atoms with Gasteiger partial charge in [0.2, 0.25) is 11.8 Å². The lowest BCUT2D eigenvalue weighted by molar-refractivity contribution is -0.143. The predicted octanol–water partition coefficient (Wildman–Crippen LogP) is 2.57. The van der Waals surface area contributed by atoms with Crippen molar-refractivity contribution >= 4 is 11.8 Å². The maximum atomic E-state index is 13.7. The molecule has 8 heteroatoms. The second kappa shape index (κ2) is 8.86. The Morgan fingerprint density at radius 1 is 1.14 bits per heavy atom. The van der Waals surface area contributed by atoms with Crippen LogP contribution in [0.1, 0.15) is 63.0 Å². The topological polar surface area (TPSA) is 93.7 Å². The first-order valence-electron chi connectivity index (χ1n) is 13.3. The summed E-state index contributed by atoms with van der Waals surface area (Å²) in [6, 6.07) is 7.82. The summed E-state index contributed by atoms with van der Waals surface area (Å²) in [6.07, 6.45) is 8.23. The van der Waals surface area contributed by atoms with Crippen LogP contribution in [0.25, 0.3) is 0 Å². The Morgan fingerprint density at radius 2 is 1.89 bits per heavy atom. The molecule has 3 aliphatic heterocycles. The molecule has 2 N–H and O–H groups in total. The van der Waals surface area contributed by atoms with Crippen LogP contribution in [0.3, 0.4) is 0 Å². The molecule has 1 unspecified atom stereocenters. The van der Waals surface area contributed by atoms with Crippen LogP contribution in [0.2, 0.25) is 0 Å². The van der Waals surface area contributed by atoms with Crippen molar-refractivity contribution in [3.8, 4) is 6.07 Å². The molecular weight excluding hydrogens is 445 g/mol. The minimum absolute atomic E-state index is 0.0244. The number of piperidine rings is 1. The summed E-state index contributed by atoms with van der Waals surface area (Å²) in [7, 11) is 0. The highest BCUT2D eigenvalue weighted by molar-refractivity contribution is 5.87. The van der Waals surface area contributed by atoms with E-state index in [0.29, 0.717) is 24.9 Å². The third-order valence-electron chi connectivity index (χ3n) is 9.18. The number of nitriles is 1. The number of benzene rings is 1. The lowest BCUT2D eigenvalue weighted by Gasteiger charge is -2.43. The zero-order valence-electron chi connectivity index (χ0n) is 20.1. The van der Waals surface area contributed by atoms with Gasteiger partial charge in [-0.2, -0.15) is 5.26 Å². The van der Waals surface area contributed by atoms with Gasteiger partial charge in [0, 0.05) is 25.2 Å². The molecule has 7 atom stereocenters. The van der Waals surface area contributed by atoms with Gasteiger partial charge in [-0.1, -0.05) is 31.4 Å². The molecule has 2 saturated carbocycles. The molecule has 1 aromatic rings. The largest absolute Gasteiger partial charge is 0.330 e. The molecule has 5 aliphatic rings. The van der Waals surface area contributed by atoms with Crippen molar-refractivity contribution in [3.05, 3.63) is 35.6 Å². The first kappa shape index (κ1) is 22.9. The van der Waals surface area contributed by atoms with E-state index in [-0.39, 0.29) is 47.8 Å². The molecule has 186 valence electrons. The van der Waals surface area contributed by atoms with Crippen LogP contribution >= 0.6 is 0 Å². The summed E-state index contributed by atoms with van der Waals surface area (Å²) < 4.78 is 13.7. The fourth-order valence-electron chi connectivity index (χ4n) is 7.44. The standard InChI is InChI=1S/C27H34FN5O2/c28-19-8-6-17(7-9-19)25(16-4-2-1-3-5-16)33-21-12-24(27(33)35)31(14-21)15-22(30)26(34)32-20(13-29)10-18-11-23(18)32/h6-9,16,18,20-25H,1-5,10-12,14-15,30H2/t18-,20+,21-,22+,23?,24-,25+/m1/s1. The average molecular weight is 480 g/mol. The molecule has 5 fully saturated rings. The third kappa shape index (κ3) is 3.93. The summed E-state index contributed by atoms with van der Waals surface area (Å²) in [6.45, 7) is 1.05. The third-order valence-corrected chi connectivity index (χ3v) is 9.18. The Kier molecular flexibility index (Phi) is 5.81. The SMILES string of the molecule is N#C[C@@H]1C[C@@H]2CC2N1C(=O)[C@@H](N)CN1C[C@H]2C[C@@H]1C(=O)N2[C@H](c1ccc(F)cc1)C1CCCCC1. The van der Waals surface area contributed by atoms with E-state index in [1.165, 1.54) is 31.4 Å². The first-order chi connectivity index (χ1) is 17.0.